The summed E-state index contributed by atoms with van der Waals surface area (Å²) >= 11 is 6.24. The first kappa shape index (κ1) is 15.7. The number of hydrogen-bond acceptors (Lipinski definition) is 2. The smallest absolute Gasteiger partial charge is 0.278 e. The number of ketones is 1. The van der Waals surface area contributed by atoms with Crippen molar-refractivity contribution in [1.82, 2.24) is 4.98 Å². The molecule has 0 bridgehead atoms. The maximum atomic E-state index is 12.3. The zero-order valence-electron chi connectivity index (χ0n) is 13.7. The van der Waals surface area contributed by atoms with E-state index in [2.05, 4.69) is 17.1 Å². The minimum atomic E-state index is -0.556. The van der Waals surface area contributed by atoms with Gasteiger partial charge in [0.1, 0.15) is 11.8 Å². The zero-order valence-corrected chi connectivity index (χ0v) is 14.4. The lowest BCUT2D eigenvalue weighted by molar-refractivity contribution is 0.105. The van der Waals surface area contributed by atoms with Gasteiger partial charge in [-0.25, -0.2) is 0 Å². The lowest BCUT2D eigenvalue weighted by atomic mass is 9.86. The number of aryl methyl sites for hydroxylation is 2. The van der Waals surface area contributed by atoms with Gasteiger partial charge in [0.05, 0.1) is 5.69 Å². The number of aromatic amines is 1. The van der Waals surface area contributed by atoms with Gasteiger partial charge in [-0.3, -0.25) is 4.79 Å². The van der Waals surface area contributed by atoms with Gasteiger partial charge in [0.15, 0.2) is 0 Å². The number of carbonyl (C=O) groups excluding carboxylic acids is 1. The van der Waals surface area contributed by atoms with Gasteiger partial charge in [-0.05, 0) is 54.2 Å². The standard InChI is InChI=1S/C21H15ClN2O/c1-12-8-14(10-15(22)9-12)19-17-7-6-13-4-2-3-5-16(13)20(17)24-21(19)18(25)11-23/h2-5,8-10,24H,6-7H2,1H3. The lowest BCUT2D eigenvalue weighted by Crippen LogP contribution is -2.03. The van der Waals surface area contributed by atoms with Crippen molar-refractivity contribution in [2.45, 2.75) is 19.8 Å². The zero-order chi connectivity index (χ0) is 17.6. The summed E-state index contributed by atoms with van der Waals surface area (Å²) in [6, 6.07) is 15.7. The Balaban J connectivity index is 2.03. The highest BCUT2D eigenvalue weighted by molar-refractivity contribution is 6.31. The number of nitrogens with zero attached hydrogens (tertiary/aromatic N) is 1. The Labute approximate surface area is 150 Å². The van der Waals surface area contributed by atoms with E-state index in [9.17, 15) is 10.1 Å². The van der Waals surface area contributed by atoms with Crippen molar-refractivity contribution >= 4 is 17.4 Å². The van der Waals surface area contributed by atoms with Gasteiger partial charge in [0.25, 0.3) is 5.78 Å². The summed E-state index contributed by atoms with van der Waals surface area (Å²) < 4.78 is 0. The van der Waals surface area contributed by atoms with Crippen LogP contribution >= 0.6 is 11.6 Å². The fraction of sp³-hybridized carbons (Fsp3) is 0.143. The number of rotatable bonds is 2. The van der Waals surface area contributed by atoms with Crippen LogP contribution in [0.5, 0.6) is 0 Å². The highest BCUT2D eigenvalue weighted by Crippen LogP contribution is 2.41. The first-order valence-corrected chi connectivity index (χ1v) is 8.51. The second-order valence-electron chi connectivity index (χ2n) is 6.34. The first-order chi connectivity index (χ1) is 12.1. The number of halogens is 1. The van der Waals surface area contributed by atoms with Gasteiger partial charge in [-0.2, -0.15) is 5.26 Å². The first-order valence-electron chi connectivity index (χ1n) is 8.13. The largest absolute Gasteiger partial charge is 0.350 e. The van der Waals surface area contributed by atoms with Crippen LogP contribution in [0.4, 0.5) is 0 Å². The normalized spacial score (nSPS) is 12.2. The SMILES string of the molecule is Cc1cc(Cl)cc(-c2c(C(=O)C#N)[nH]c3c2CCc2ccccc2-3)c1. The van der Waals surface area contributed by atoms with Gasteiger partial charge in [-0.1, -0.05) is 41.9 Å². The fourth-order valence-electron chi connectivity index (χ4n) is 3.69. The number of hydrogen-bond donors (Lipinski definition) is 1. The van der Waals surface area contributed by atoms with Crippen molar-refractivity contribution in [3.8, 4) is 28.5 Å². The van der Waals surface area contributed by atoms with Crippen LogP contribution in [0.15, 0.2) is 42.5 Å². The maximum absolute atomic E-state index is 12.3. The number of nitriles is 1. The van der Waals surface area contributed by atoms with Crippen LogP contribution in [-0.4, -0.2) is 10.8 Å². The monoisotopic (exact) mass is 346 g/mol. The predicted octanol–water partition coefficient (Wildman–Crippen LogP) is 5.12. The van der Waals surface area contributed by atoms with Gasteiger partial charge in [0.2, 0.25) is 0 Å². The van der Waals surface area contributed by atoms with E-state index in [-0.39, 0.29) is 0 Å². The second kappa shape index (κ2) is 5.91. The summed E-state index contributed by atoms with van der Waals surface area (Å²) in [5.74, 6) is -0.556. The molecule has 0 spiro atoms. The van der Waals surface area contributed by atoms with Crippen LogP contribution < -0.4 is 0 Å². The van der Waals surface area contributed by atoms with E-state index in [0.29, 0.717) is 10.7 Å². The lowest BCUT2D eigenvalue weighted by Gasteiger charge is -2.17. The number of fused-ring (bicyclic) bond motifs is 3. The molecule has 1 aromatic heterocycles. The van der Waals surface area contributed by atoms with Gasteiger partial charge in [0, 0.05) is 16.1 Å². The molecule has 4 rings (SSSR count). The Morgan fingerprint density at radius 2 is 2.00 bits per heavy atom. The van der Waals surface area contributed by atoms with Crippen molar-refractivity contribution in [2.24, 2.45) is 0 Å². The predicted molar refractivity (Wildman–Crippen MR) is 98.8 cm³/mol. The third kappa shape index (κ3) is 2.56. The molecule has 0 saturated carbocycles. The van der Waals surface area contributed by atoms with E-state index in [4.69, 9.17) is 11.6 Å². The average molecular weight is 347 g/mol. The molecular weight excluding hydrogens is 332 g/mol. The quantitative estimate of drug-likeness (QED) is 0.517. The number of carbonyl (C=O) groups is 1. The second-order valence-corrected chi connectivity index (χ2v) is 6.78. The van der Waals surface area contributed by atoms with Gasteiger partial charge in [-0.15, -0.1) is 0 Å². The summed E-state index contributed by atoms with van der Waals surface area (Å²) in [4.78, 5) is 15.5. The minimum Gasteiger partial charge on any atom is -0.350 e. The Bertz CT molecular complexity index is 1040. The summed E-state index contributed by atoms with van der Waals surface area (Å²) in [5, 5.41) is 9.80. The molecule has 0 amide bonds. The molecule has 0 saturated heterocycles. The molecule has 3 aromatic rings. The number of aromatic nitrogens is 1. The highest BCUT2D eigenvalue weighted by Gasteiger charge is 2.27. The van der Waals surface area contributed by atoms with Crippen molar-refractivity contribution in [3.05, 3.63) is 69.9 Å². The highest BCUT2D eigenvalue weighted by atomic mass is 35.5. The van der Waals surface area contributed by atoms with Crippen LogP contribution in [0.1, 0.15) is 27.2 Å². The maximum Gasteiger partial charge on any atom is 0.278 e. The van der Waals surface area contributed by atoms with Crippen LogP contribution in [-0.2, 0) is 12.8 Å². The van der Waals surface area contributed by atoms with Crippen LogP contribution in [0, 0.1) is 18.3 Å². The van der Waals surface area contributed by atoms with E-state index < -0.39 is 5.78 Å². The third-order valence-electron chi connectivity index (χ3n) is 4.69. The molecule has 0 fully saturated rings. The molecule has 122 valence electrons. The van der Waals surface area contributed by atoms with Crippen LogP contribution in [0.3, 0.4) is 0 Å². The summed E-state index contributed by atoms with van der Waals surface area (Å²) in [7, 11) is 0. The molecule has 0 unspecified atom stereocenters. The summed E-state index contributed by atoms with van der Waals surface area (Å²) in [6.45, 7) is 1.97. The number of nitrogens with one attached hydrogen (secondary N) is 1. The fourth-order valence-corrected chi connectivity index (χ4v) is 3.98. The molecule has 0 atom stereocenters. The van der Waals surface area contributed by atoms with E-state index >= 15 is 0 Å². The molecule has 0 aliphatic heterocycles. The van der Waals surface area contributed by atoms with Gasteiger partial charge >= 0.3 is 0 Å². The molecule has 2 aromatic carbocycles. The van der Waals surface area contributed by atoms with Crippen molar-refractivity contribution in [3.63, 3.8) is 0 Å². The number of Topliss-reactive ketones (excluding diaryl/α,β-unsaturated/α-hetero) is 1. The Morgan fingerprint density at radius 1 is 1.20 bits per heavy atom. The van der Waals surface area contributed by atoms with E-state index in [1.54, 1.807) is 6.07 Å². The number of H-pyrrole nitrogens is 1. The Morgan fingerprint density at radius 3 is 2.76 bits per heavy atom. The summed E-state index contributed by atoms with van der Waals surface area (Å²) in [6.07, 6.45) is 1.73. The molecular formula is C21H15ClN2O. The van der Waals surface area contributed by atoms with Crippen molar-refractivity contribution in [1.29, 1.82) is 5.26 Å². The Kier molecular flexibility index (Phi) is 3.71. The van der Waals surface area contributed by atoms with E-state index in [1.165, 1.54) is 5.56 Å². The van der Waals surface area contributed by atoms with Crippen molar-refractivity contribution in [2.75, 3.05) is 0 Å². The molecule has 1 heterocycles. The molecule has 1 aliphatic rings. The number of benzene rings is 2. The Hall–Kier alpha value is -2.83. The molecule has 4 heteroatoms. The van der Waals surface area contributed by atoms with Crippen molar-refractivity contribution < 1.29 is 4.79 Å². The average Bonchev–Trinajstić information content (AvgIpc) is 3.00. The van der Waals surface area contributed by atoms with Gasteiger partial charge < -0.3 is 4.98 Å². The molecule has 1 N–H and O–H groups in total. The molecule has 25 heavy (non-hydrogen) atoms. The van der Waals surface area contributed by atoms with E-state index in [1.807, 2.05) is 37.3 Å². The molecule has 3 nitrogen and oxygen atoms in total. The minimum absolute atomic E-state index is 0.353. The third-order valence-corrected chi connectivity index (χ3v) is 4.91. The van der Waals surface area contributed by atoms with E-state index in [0.717, 1.165) is 46.4 Å². The summed E-state index contributed by atoms with van der Waals surface area (Å²) in [5.41, 5.74) is 7.42. The topological polar surface area (TPSA) is 56.6 Å². The van der Waals surface area contributed by atoms with Crippen LogP contribution in [0.25, 0.3) is 22.4 Å². The molecule has 0 radical (unpaired) electrons. The molecule has 1 aliphatic carbocycles. The van der Waals surface area contributed by atoms with Crippen LogP contribution in [0.2, 0.25) is 5.02 Å².